The van der Waals surface area contributed by atoms with Crippen molar-refractivity contribution in [2.24, 2.45) is 5.16 Å². The summed E-state index contributed by atoms with van der Waals surface area (Å²) in [5.74, 6) is -2.37. The molecule has 2 aromatic rings. The topological polar surface area (TPSA) is 184 Å². The fourth-order valence-electron chi connectivity index (χ4n) is 3.18. The van der Waals surface area contributed by atoms with Crippen molar-refractivity contribution in [1.29, 1.82) is 0 Å². The maximum Gasteiger partial charge on any atom is 0.352 e. The molecule has 0 saturated carbocycles. The minimum Gasteiger partial charge on any atom is -0.477 e. The summed E-state index contributed by atoms with van der Waals surface area (Å²) in [6.07, 6.45) is 7.78. The summed E-state index contributed by atoms with van der Waals surface area (Å²) in [7, 11) is 0. The molecule has 0 aliphatic carbocycles. The van der Waals surface area contributed by atoms with Crippen LogP contribution in [0, 0.1) is 0 Å². The first-order valence-electron chi connectivity index (χ1n) is 8.99. The van der Waals surface area contributed by atoms with Crippen molar-refractivity contribution >= 4 is 57.8 Å². The molecule has 164 valence electrons. The number of amides is 2. The van der Waals surface area contributed by atoms with Crippen LogP contribution in [-0.2, 0) is 14.4 Å². The van der Waals surface area contributed by atoms with Gasteiger partial charge in [0.15, 0.2) is 10.8 Å². The van der Waals surface area contributed by atoms with Gasteiger partial charge in [-0.25, -0.2) is 19.7 Å². The number of aliphatic carboxylic acids is 1. The van der Waals surface area contributed by atoms with Crippen LogP contribution in [0.3, 0.4) is 0 Å². The number of nitrogens with zero attached hydrogens (tertiary/aromatic N) is 5. The van der Waals surface area contributed by atoms with Crippen LogP contribution in [0.4, 0.5) is 5.13 Å². The summed E-state index contributed by atoms with van der Waals surface area (Å²) in [6.45, 7) is 0. The van der Waals surface area contributed by atoms with Gasteiger partial charge in [0.1, 0.15) is 29.1 Å². The molecule has 32 heavy (non-hydrogen) atoms. The van der Waals surface area contributed by atoms with Crippen LogP contribution in [0.2, 0.25) is 0 Å². The number of thioether (sulfide) groups is 1. The molecule has 1 saturated heterocycles. The normalized spacial score (nSPS) is 20.8. The molecule has 4 heterocycles. The highest BCUT2D eigenvalue weighted by molar-refractivity contribution is 8.00. The van der Waals surface area contributed by atoms with Crippen molar-refractivity contribution in [2.75, 3.05) is 11.5 Å². The van der Waals surface area contributed by atoms with Crippen molar-refractivity contribution in [2.45, 2.75) is 11.4 Å². The van der Waals surface area contributed by atoms with Gasteiger partial charge < -0.3 is 21.4 Å². The zero-order valence-corrected chi connectivity index (χ0v) is 17.7. The first-order chi connectivity index (χ1) is 15.4. The van der Waals surface area contributed by atoms with Gasteiger partial charge in [-0.3, -0.25) is 14.5 Å². The average molecular weight is 473 g/mol. The second kappa shape index (κ2) is 8.76. The van der Waals surface area contributed by atoms with Crippen molar-refractivity contribution in [3.63, 3.8) is 0 Å². The Hall–Kier alpha value is -3.78. The van der Waals surface area contributed by atoms with E-state index in [4.69, 9.17) is 5.73 Å². The van der Waals surface area contributed by atoms with E-state index in [1.165, 1.54) is 23.5 Å². The molecule has 0 spiro atoms. The van der Waals surface area contributed by atoms with Crippen LogP contribution in [-0.4, -0.2) is 70.8 Å². The molecule has 4 rings (SSSR count). The molecule has 2 aliphatic heterocycles. The summed E-state index contributed by atoms with van der Waals surface area (Å²) >= 11 is 2.36. The Morgan fingerprint density at radius 1 is 1.31 bits per heavy atom. The lowest BCUT2D eigenvalue weighted by molar-refractivity contribution is -0.150. The number of β-lactam (4-membered cyclic amide) rings is 1. The van der Waals surface area contributed by atoms with Crippen molar-refractivity contribution < 1.29 is 24.7 Å². The Morgan fingerprint density at radius 3 is 2.69 bits per heavy atom. The van der Waals surface area contributed by atoms with Crippen molar-refractivity contribution in [3.8, 4) is 0 Å². The molecule has 12 nitrogen and oxygen atoms in total. The monoisotopic (exact) mass is 473 g/mol. The van der Waals surface area contributed by atoms with Crippen LogP contribution < -0.4 is 11.1 Å². The number of carbonyl (C=O) groups is 3. The van der Waals surface area contributed by atoms with Gasteiger partial charge in [0.05, 0.1) is 0 Å². The molecule has 0 aromatic carbocycles. The van der Waals surface area contributed by atoms with Gasteiger partial charge in [-0.05, 0) is 5.57 Å². The molecule has 2 atom stereocenters. The highest BCUT2D eigenvalue weighted by atomic mass is 32.2. The number of nitrogens with two attached hydrogens (primary N) is 1. The highest BCUT2D eigenvalue weighted by Crippen LogP contribution is 2.40. The second-order valence-corrected chi connectivity index (χ2v) is 8.56. The van der Waals surface area contributed by atoms with Gasteiger partial charge >= 0.3 is 5.97 Å². The molecule has 2 aliphatic rings. The van der Waals surface area contributed by atoms with E-state index < -0.39 is 34.9 Å². The summed E-state index contributed by atoms with van der Waals surface area (Å²) < 4.78 is 0. The van der Waals surface area contributed by atoms with E-state index in [0.29, 0.717) is 16.9 Å². The third-order valence-corrected chi connectivity index (χ3v) is 6.60. The number of carbonyl (C=O) groups excluding carboxylic acids is 2. The number of nitrogens with one attached hydrogen (secondary N) is 1. The predicted molar refractivity (Wildman–Crippen MR) is 116 cm³/mol. The van der Waals surface area contributed by atoms with Gasteiger partial charge in [-0.2, -0.15) is 0 Å². The molecular formula is C18H15N7O5S2. The molecule has 14 heteroatoms. The van der Waals surface area contributed by atoms with Crippen molar-refractivity contribution in [1.82, 2.24) is 25.2 Å². The van der Waals surface area contributed by atoms with E-state index >= 15 is 0 Å². The first kappa shape index (κ1) is 21.5. The molecule has 5 N–H and O–H groups in total. The lowest BCUT2D eigenvalue weighted by atomic mass is 10.0. The maximum absolute atomic E-state index is 12.7. The number of rotatable bonds is 6. The van der Waals surface area contributed by atoms with Crippen LogP contribution in [0.15, 0.2) is 46.6 Å². The lowest BCUT2D eigenvalue weighted by Gasteiger charge is -2.49. The summed E-state index contributed by atoms with van der Waals surface area (Å²) in [4.78, 5) is 50.0. The molecule has 0 unspecified atom stereocenters. The summed E-state index contributed by atoms with van der Waals surface area (Å²) in [5.41, 5.74) is 6.17. The van der Waals surface area contributed by atoms with Crippen molar-refractivity contribution in [3.05, 3.63) is 52.7 Å². The number of oxime groups is 1. The Kier molecular flexibility index (Phi) is 5.87. The Balaban J connectivity index is 1.52. The summed E-state index contributed by atoms with van der Waals surface area (Å²) in [5, 5.41) is 25.4. The maximum atomic E-state index is 12.7. The number of fused-ring (bicyclic) bond motifs is 1. The number of anilines is 1. The standard InChI is InChI=1S/C18H15N7O5S2/c19-18-22-10(6-32-18)11(24-30)14(26)23-12-15(27)25-13(17(28)29)9(5-31-16(12)25)2-1-8-3-20-7-21-4-8/h1-4,6-7,12,16,30H,5H2,(H2,19,22)(H,23,26)(H,28,29)/b2-1-,24-11-/t12-,16-/m1/s1. The second-order valence-electron chi connectivity index (χ2n) is 6.56. The average Bonchev–Trinajstić information content (AvgIpc) is 3.22. The Morgan fingerprint density at radius 2 is 2.06 bits per heavy atom. The fourth-order valence-corrected chi connectivity index (χ4v) is 5.05. The number of hydrogen-bond donors (Lipinski definition) is 4. The van der Waals surface area contributed by atoms with Gasteiger partial charge in [-0.1, -0.05) is 17.3 Å². The van der Waals surface area contributed by atoms with E-state index in [9.17, 15) is 24.7 Å². The largest absolute Gasteiger partial charge is 0.477 e. The minimum atomic E-state index is -1.26. The lowest BCUT2D eigenvalue weighted by Crippen LogP contribution is -2.71. The van der Waals surface area contributed by atoms with E-state index in [1.54, 1.807) is 24.5 Å². The molecule has 2 aromatic heterocycles. The third-order valence-electron chi connectivity index (χ3n) is 4.62. The van der Waals surface area contributed by atoms with Gasteiger partial charge in [0.25, 0.3) is 11.8 Å². The van der Waals surface area contributed by atoms with Crippen LogP contribution >= 0.6 is 23.1 Å². The third kappa shape index (κ3) is 3.92. The number of nitrogen functional groups attached to an aromatic ring is 1. The molecular weight excluding hydrogens is 458 g/mol. The highest BCUT2D eigenvalue weighted by Gasteiger charge is 2.54. The number of thiazole rings is 1. The molecule has 2 amide bonds. The number of carboxylic acid groups (broad SMARTS) is 1. The quantitative estimate of drug-likeness (QED) is 0.195. The van der Waals surface area contributed by atoms with Gasteiger partial charge in [0.2, 0.25) is 0 Å². The number of carboxylic acids is 1. The van der Waals surface area contributed by atoms with Crippen LogP contribution in [0.25, 0.3) is 6.08 Å². The van der Waals surface area contributed by atoms with Crippen LogP contribution in [0.1, 0.15) is 11.3 Å². The Labute approximate surface area is 188 Å². The predicted octanol–water partition coefficient (Wildman–Crippen LogP) is 0.146. The minimum absolute atomic E-state index is 0.0656. The SMILES string of the molecule is Nc1nc(/C(=N/O)C(=O)N[C@@H]2C(=O)N3C(C(=O)O)=C(/C=C\c4cncnc4)CS[C@H]23)cs1. The molecule has 0 bridgehead atoms. The molecule has 0 radical (unpaired) electrons. The fraction of sp³-hybridized carbons (Fsp3) is 0.167. The van der Waals surface area contributed by atoms with E-state index in [-0.39, 0.29) is 16.5 Å². The number of hydrogen-bond acceptors (Lipinski definition) is 11. The molecule has 1 fully saturated rings. The van der Waals surface area contributed by atoms with E-state index in [0.717, 1.165) is 16.2 Å². The van der Waals surface area contributed by atoms with E-state index in [1.807, 2.05) is 0 Å². The number of allylic oxidation sites excluding steroid dienone is 1. The Bertz CT molecular complexity index is 1180. The zero-order chi connectivity index (χ0) is 22.8. The summed E-state index contributed by atoms with van der Waals surface area (Å²) in [6, 6.07) is -0.984. The van der Waals surface area contributed by atoms with E-state index in [2.05, 4.69) is 25.4 Å². The zero-order valence-electron chi connectivity index (χ0n) is 16.1. The first-order valence-corrected chi connectivity index (χ1v) is 10.9. The van der Waals surface area contributed by atoms with Gasteiger partial charge in [0, 0.05) is 29.1 Å². The van der Waals surface area contributed by atoms with Gasteiger partial charge in [-0.15, -0.1) is 23.1 Å². The smallest absolute Gasteiger partial charge is 0.352 e. The van der Waals surface area contributed by atoms with Crippen LogP contribution in [0.5, 0.6) is 0 Å². The number of aromatic nitrogens is 3.